The fraction of sp³-hybridized carbons (Fsp3) is 0.750. The van der Waals surface area contributed by atoms with Gasteiger partial charge in [-0.3, -0.25) is 14.4 Å². The summed E-state index contributed by atoms with van der Waals surface area (Å²) in [7, 11) is 0. The van der Waals surface area contributed by atoms with Gasteiger partial charge in [0.25, 0.3) is 0 Å². The predicted octanol–water partition coefficient (Wildman–Crippen LogP) is 3.47. The van der Waals surface area contributed by atoms with Gasteiger partial charge in [0.2, 0.25) is 0 Å². The Labute approximate surface area is 241 Å². The molecule has 1 N–H and O–H groups in total. The van der Waals surface area contributed by atoms with Gasteiger partial charge < -0.3 is 24.1 Å². The summed E-state index contributed by atoms with van der Waals surface area (Å²) in [6.45, 7) is 9.02. The quantitative estimate of drug-likeness (QED) is 0.290. The fourth-order valence-corrected chi connectivity index (χ4v) is 10.1. The first-order valence-electron chi connectivity index (χ1n) is 15.1. The molecule has 3 saturated carbocycles. The Hall–Kier alpha value is -2.52. The van der Waals surface area contributed by atoms with Crippen LogP contribution < -0.4 is 0 Å². The minimum atomic E-state index is -1.08. The second-order valence-corrected chi connectivity index (χ2v) is 13.7. The van der Waals surface area contributed by atoms with Crippen molar-refractivity contribution in [3.63, 3.8) is 0 Å². The number of cyclic esters (lactones) is 1. The second-order valence-electron chi connectivity index (χ2n) is 13.7. The van der Waals surface area contributed by atoms with Crippen LogP contribution in [0.5, 0.6) is 0 Å². The summed E-state index contributed by atoms with van der Waals surface area (Å²) in [5.74, 6) is -0.421. The number of epoxide rings is 1. The monoisotopic (exact) mass is 570 g/mol. The SMILES string of the molecule is CC(=O)OCC1=C(C)C[C@H]([C@@H](C)[C@H]2CC[C@H]3[C@@H]4C[C@H]5O[C@]56[C@@H](O)C=CC(=O)[C@]6(COC(C)=O)[C@H]4CC[C@]23C)OC1=O. The standard InChI is InChI=1S/C32H42O9/c1-16-12-25(40-29(37)21(16)14-38-18(3)33)17(2)22-6-7-23-20-13-28-32(41-28)27(36)9-8-26(35)31(32,15-39-19(4)34)24(20)10-11-30(22,23)5/h8-9,17,20,22-25,27-28,36H,6-7,10-15H2,1-5H3/t17-,20-,22+,23-,24-,25+,27-,28+,30+,31-,32+/m0/s1. The molecule has 9 heteroatoms. The zero-order chi connectivity index (χ0) is 29.5. The van der Waals surface area contributed by atoms with E-state index in [0.29, 0.717) is 23.8 Å². The topological polar surface area (TPSA) is 129 Å². The van der Waals surface area contributed by atoms with E-state index in [9.17, 15) is 24.3 Å². The highest BCUT2D eigenvalue weighted by Gasteiger charge is 2.82. The molecule has 0 amide bonds. The third-order valence-corrected chi connectivity index (χ3v) is 12.1. The Morgan fingerprint density at radius 2 is 1.85 bits per heavy atom. The van der Waals surface area contributed by atoms with Crippen LogP contribution in [-0.4, -0.2) is 65.9 Å². The summed E-state index contributed by atoms with van der Waals surface area (Å²) < 4.78 is 22.9. The lowest BCUT2D eigenvalue weighted by molar-refractivity contribution is -0.174. The highest BCUT2D eigenvalue weighted by atomic mass is 16.6. The van der Waals surface area contributed by atoms with E-state index in [0.717, 1.165) is 37.7 Å². The molecular formula is C32H42O9. The third-order valence-electron chi connectivity index (χ3n) is 12.1. The second kappa shape index (κ2) is 9.76. The van der Waals surface area contributed by atoms with Crippen molar-refractivity contribution >= 4 is 23.7 Å². The van der Waals surface area contributed by atoms with Gasteiger partial charge in [-0.15, -0.1) is 0 Å². The number of carbonyl (C=O) groups is 4. The van der Waals surface area contributed by atoms with E-state index in [2.05, 4.69) is 13.8 Å². The first-order chi connectivity index (χ1) is 19.4. The lowest BCUT2D eigenvalue weighted by atomic mass is 9.44. The Kier molecular flexibility index (Phi) is 6.81. The number of hydrogen-bond acceptors (Lipinski definition) is 9. The van der Waals surface area contributed by atoms with Crippen molar-refractivity contribution in [2.45, 2.75) is 97.1 Å². The van der Waals surface area contributed by atoms with Crippen LogP contribution in [0.1, 0.15) is 73.1 Å². The Morgan fingerprint density at radius 1 is 1.12 bits per heavy atom. The van der Waals surface area contributed by atoms with Gasteiger partial charge in [0.05, 0.1) is 11.7 Å². The van der Waals surface area contributed by atoms with Crippen molar-refractivity contribution in [1.29, 1.82) is 0 Å². The zero-order valence-electron chi connectivity index (χ0n) is 24.6. The van der Waals surface area contributed by atoms with Crippen molar-refractivity contribution in [3.8, 4) is 0 Å². The zero-order valence-corrected chi connectivity index (χ0v) is 24.6. The van der Waals surface area contributed by atoms with Crippen molar-refractivity contribution in [2.75, 3.05) is 13.2 Å². The van der Waals surface area contributed by atoms with Crippen molar-refractivity contribution in [2.24, 2.45) is 40.4 Å². The Morgan fingerprint density at radius 3 is 2.54 bits per heavy atom. The van der Waals surface area contributed by atoms with Crippen LogP contribution in [0.25, 0.3) is 0 Å². The number of aliphatic hydroxyl groups is 1. The van der Waals surface area contributed by atoms with E-state index < -0.39 is 35.0 Å². The average molecular weight is 571 g/mol. The van der Waals surface area contributed by atoms with Gasteiger partial charge >= 0.3 is 17.9 Å². The number of esters is 3. The number of rotatable bonds is 6. The average Bonchev–Trinajstić information content (AvgIpc) is 3.54. The first-order valence-corrected chi connectivity index (χ1v) is 15.1. The maximum Gasteiger partial charge on any atom is 0.337 e. The maximum absolute atomic E-state index is 13.8. The number of ketones is 1. The summed E-state index contributed by atoms with van der Waals surface area (Å²) in [4.78, 5) is 49.9. The van der Waals surface area contributed by atoms with Gasteiger partial charge in [0, 0.05) is 20.3 Å². The molecule has 1 spiro atoms. The minimum Gasteiger partial charge on any atom is -0.465 e. The molecule has 1 saturated heterocycles. The number of fused-ring (bicyclic) bond motifs is 4. The highest BCUT2D eigenvalue weighted by molar-refractivity contribution is 5.99. The van der Waals surface area contributed by atoms with E-state index in [-0.39, 0.29) is 54.4 Å². The maximum atomic E-state index is 13.8. The predicted molar refractivity (Wildman–Crippen MR) is 145 cm³/mol. The Balaban J connectivity index is 1.25. The third kappa shape index (κ3) is 4.01. The molecule has 6 aliphatic rings. The number of hydrogen-bond donors (Lipinski definition) is 1. The largest absolute Gasteiger partial charge is 0.465 e. The molecule has 0 aromatic heterocycles. The summed E-state index contributed by atoms with van der Waals surface area (Å²) in [5, 5.41) is 11.1. The number of allylic oxidation sites excluding steroid dienone is 1. The molecule has 0 unspecified atom stereocenters. The van der Waals surface area contributed by atoms with Crippen molar-refractivity contribution < 1.29 is 43.2 Å². The highest BCUT2D eigenvalue weighted by Crippen LogP contribution is 2.73. The van der Waals surface area contributed by atoms with Crippen LogP contribution >= 0.6 is 0 Å². The number of ether oxygens (including phenoxy) is 4. The van der Waals surface area contributed by atoms with Gasteiger partial charge in [0.15, 0.2) is 5.78 Å². The molecule has 41 heavy (non-hydrogen) atoms. The molecule has 0 bridgehead atoms. The molecule has 2 heterocycles. The molecule has 11 atom stereocenters. The van der Waals surface area contributed by atoms with Gasteiger partial charge in [-0.25, -0.2) is 4.79 Å². The van der Waals surface area contributed by atoms with Gasteiger partial charge in [-0.05, 0) is 86.2 Å². The molecule has 0 aromatic carbocycles. The van der Waals surface area contributed by atoms with Crippen LogP contribution in [0.3, 0.4) is 0 Å². The van der Waals surface area contributed by atoms with Crippen LogP contribution in [0.15, 0.2) is 23.3 Å². The van der Waals surface area contributed by atoms with Gasteiger partial charge in [-0.2, -0.15) is 0 Å². The first kappa shape index (κ1) is 28.6. The normalized spacial score (nSPS) is 45.1. The minimum absolute atomic E-state index is 0.00763. The molecule has 4 fully saturated rings. The van der Waals surface area contributed by atoms with E-state index in [1.54, 1.807) is 0 Å². The van der Waals surface area contributed by atoms with E-state index in [1.807, 2.05) is 6.92 Å². The van der Waals surface area contributed by atoms with E-state index in [1.165, 1.54) is 26.0 Å². The number of carbonyl (C=O) groups excluding carboxylic acids is 4. The van der Waals surface area contributed by atoms with Crippen molar-refractivity contribution in [3.05, 3.63) is 23.3 Å². The summed E-state index contributed by atoms with van der Waals surface area (Å²) in [6, 6.07) is 0. The summed E-state index contributed by atoms with van der Waals surface area (Å²) in [6.07, 6.45) is 6.70. The summed E-state index contributed by atoms with van der Waals surface area (Å²) >= 11 is 0. The molecule has 0 aromatic rings. The van der Waals surface area contributed by atoms with E-state index in [4.69, 9.17) is 18.9 Å². The molecule has 6 rings (SSSR count). The lowest BCUT2D eigenvalue weighted by Gasteiger charge is -2.58. The van der Waals surface area contributed by atoms with Crippen LogP contribution in [0, 0.1) is 40.4 Å². The molecule has 224 valence electrons. The van der Waals surface area contributed by atoms with Crippen LogP contribution in [0.2, 0.25) is 0 Å². The molecule has 9 nitrogen and oxygen atoms in total. The van der Waals surface area contributed by atoms with Crippen LogP contribution in [-0.2, 0) is 38.1 Å². The molecule has 4 aliphatic carbocycles. The van der Waals surface area contributed by atoms with Crippen LogP contribution in [0.4, 0.5) is 0 Å². The smallest absolute Gasteiger partial charge is 0.337 e. The molecule has 0 radical (unpaired) electrons. The molecular weight excluding hydrogens is 528 g/mol. The lowest BCUT2D eigenvalue weighted by Crippen LogP contribution is -2.66. The Bertz CT molecular complexity index is 1240. The van der Waals surface area contributed by atoms with Crippen molar-refractivity contribution in [1.82, 2.24) is 0 Å². The van der Waals surface area contributed by atoms with Gasteiger partial charge in [-0.1, -0.05) is 19.4 Å². The van der Waals surface area contributed by atoms with Gasteiger partial charge in [0.1, 0.15) is 36.4 Å². The fourth-order valence-electron chi connectivity index (χ4n) is 10.1. The van der Waals surface area contributed by atoms with E-state index >= 15 is 0 Å². The number of aliphatic hydroxyl groups excluding tert-OH is 1. The summed E-state index contributed by atoms with van der Waals surface area (Å²) in [5.41, 5.74) is -0.761. The molecule has 2 aliphatic heterocycles.